The lowest BCUT2D eigenvalue weighted by Gasteiger charge is -1.82. The Morgan fingerprint density at radius 2 is 1.42 bits per heavy atom. The number of nitrogens with zero attached hydrogens (tertiary/aromatic N) is 1. The molecule has 0 aliphatic heterocycles. The summed E-state index contributed by atoms with van der Waals surface area (Å²) in [6.07, 6.45) is 0. The highest BCUT2D eigenvalue weighted by Gasteiger charge is 1.84. The summed E-state index contributed by atoms with van der Waals surface area (Å²) in [6, 6.07) is -0.875. The molecule has 12 heavy (non-hydrogen) atoms. The SMILES string of the molecule is NC(=O)N=C(N)N.O=S(=O)(O)O. The first-order valence-corrected chi connectivity index (χ1v) is 3.61. The van der Waals surface area contributed by atoms with E-state index in [2.05, 4.69) is 10.7 Å². The molecule has 0 radical (unpaired) electrons. The lowest BCUT2D eigenvalue weighted by Crippen LogP contribution is -2.25. The summed E-state index contributed by atoms with van der Waals surface area (Å²) < 4.78 is 31.6. The van der Waals surface area contributed by atoms with Gasteiger partial charge in [0.05, 0.1) is 0 Å². The molecule has 0 heterocycles. The van der Waals surface area contributed by atoms with E-state index in [9.17, 15) is 4.79 Å². The molecule has 0 aromatic rings. The van der Waals surface area contributed by atoms with E-state index in [4.69, 9.17) is 29.0 Å². The van der Waals surface area contributed by atoms with Crippen LogP contribution < -0.4 is 17.2 Å². The Kier molecular flexibility index (Phi) is 5.82. The average molecular weight is 200 g/mol. The summed E-state index contributed by atoms with van der Waals surface area (Å²) in [5.74, 6) is -0.312. The van der Waals surface area contributed by atoms with Crippen LogP contribution in [0.25, 0.3) is 0 Å². The van der Waals surface area contributed by atoms with Crippen molar-refractivity contribution in [1.29, 1.82) is 0 Å². The predicted molar refractivity (Wildman–Crippen MR) is 39.6 cm³/mol. The van der Waals surface area contributed by atoms with Crippen LogP contribution in [0.2, 0.25) is 0 Å². The number of primary amides is 1. The van der Waals surface area contributed by atoms with Gasteiger partial charge in [0, 0.05) is 0 Å². The van der Waals surface area contributed by atoms with Crippen molar-refractivity contribution in [3.8, 4) is 0 Å². The van der Waals surface area contributed by atoms with Crippen molar-refractivity contribution in [2.75, 3.05) is 0 Å². The van der Waals surface area contributed by atoms with Crippen LogP contribution in [0.1, 0.15) is 0 Å². The molecule has 0 rings (SSSR count). The minimum Gasteiger partial charge on any atom is -0.370 e. The first-order chi connectivity index (χ1) is 5.13. The lowest BCUT2D eigenvalue weighted by molar-refractivity contribution is 0.256. The Labute approximate surface area is 67.8 Å². The lowest BCUT2D eigenvalue weighted by atomic mass is 11.0. The van der Waals surface area contributed by atoms with E-state index in [1.807, 2.05) is 0 Å². The van der Waals surface area contributed by atoms with Crippen LogP contribution >= 0.6 is 0 Å². The molecular weight excluding hydrogens is 192 g/mol. The fourth-order valence-electron chi connectivity index (χ4n) is 0.127. The molecule has 10 heteroatoms. The van der Waals surface area contributed by atoms with Crippen molar-refractivity contribution in [3.63, 3.8) is 0 Å². The molecule has 72 valence electrons. The van der Waals surface area contributed by atoms with Gasteiger partial charge in [-0.25, -0.2) is 4.79 Å². The highest BCUT2D eigenvalue weighted by molar-refractivity contribution is 7.79. The van der Waals surface area contributed by atoms with Crippen molar-refractivity contribution < 1.29 is 22.3 Å². The second kappa shape index (κ2) is 5.29. The van der Waals surface area contributed by atoms with Crippen LogP contribution in [0.4, 0.5) is 4.79 Å². The molecule has 8 N–H and O–H groups in total. The number of rotatable bonds is 0. The number of carbonyl (C=O) groups excluding carboxylic acids is 1. The zero-order valence-corrected chi connectivity index (χ0v) is 6.52. The van der Waals surface area contributed by atoms with E-state index in [1.54, 1.807) is 0 Å². The van der Waals surface area contributed by atoms with Gasteiger partial charge < -0.3 is 17.2 Å². The van der Waals surface area contributed by atoms with Gasteiger partial charge in [0.1, 0.15) is 0 Å². The maximum Gasteiger partial charge on any atom is 0.394 e. The number of aliphatic imine (C=N–C) groups is 1. The van der Waals surface area contributed by atoms with E-state index in [1.165, 1.54) is 0 Å². The largest absolute Gasteiger partial charge is 0.394 e. The van der Waals surface area contributed by atoms with Crippen molar-refractivity contribution >= 4 is 22.4 Å². The van der Waals surface area contributed by atoms with E-state index in [-0.39, 0.29) is 5.96 Å². The fraction of sp³-hybridized carbons (Fsp3) is 0. The average Bonchev–Trinajstić information content (AvgIpc) is 1.52. The summed E-state index contributed by atoms with van der Waals surface area (Å²) in [7, 11) is -4.67. The standard InChI is InChI=1S/C2H6N4O.H2O4S/c3-1(4)6-2(5)7;1-5(2,3)4/h(H6,3,4,5,6,7);(H2,1,2,3,4). The van der Waals surface area contributed by atoms with Crippen LogP contribution in [-0.4, -0.2) is 29.5 Å². The van der Waals surface area contributed by atoms with Gasteiger partial charge in [-0.1, -0.05) is 0 Å². The molecule has 0 spiro atoms. The van der Waals surface area contributed by atoms with Gasteiger partial charge in [0.15, 0.2) is 5.96 Å². The Morgan fingerprint density at radius 3 is 1.42 bits per heavy atom. The highest BCUT2D eigenvalue weighted by atomic mass is 32.3. The number of urea groups is 1. The third kappa shape index (κ3) is 73.2. The van der Waals surface area contributed by atoms with Crippen molar-refractivity contribution in [2.45, 2.75) is 0 Å². The maximum absolute atomic E-state index is 9.68. The molecule has 0 bridgehead atoms. The predicted octanol–water partition coefficient (Wildman–Crippen LogP) is -2.31. The van der Waals surface area contributed by atoms with Crippen LogP contribution in [0.5, 0.6) is 0 Å². The van der Waals surface area contributed by atoms with E-state index < -0.39 is 16.4 Å². The molecule has 0 unspecified atom stereocenters. The van der Waals surface area contributed by atoms with Crippen molar-refractivity contribution in [2.24, 2.45) is 22.2 Å². The number of guanidine groups is 1. The van der Waals surface area contributed by atoms with E-state index in [0.29, 0.717) is 0 Å². The smallest absolute Gasteiger partial charge is 0.370 e. The van der Waals surface area contributed by atoms with Crippen molar-refractivity contribution in [1.82, 2.24) is 0 Å². The summed E-state index contributed by atoms with van der Waals surface area (Å²) in [4.78, 5) is 12.6. The Hall–Kier alpha value is -1.39. The first kappa shape index (κ1) is 13.2. The zero-order valence-electron chi connectivity index (χ0n) is 5.71. The Bertz CT molecular complexity index is 255. The highest BCUT2D eigenvalue weighted by Crippen LogP contribution is 1.60. The molecular formula is C2H8N4O5S. The number of amides is 2. The molecule has 0 saturated heterocycles. The zero-order chi connectivity index (χ0) is 10.4. The van der Waals surface area contributed by atoms with Gasteiger partial charge >= 0.3 is 16.4 Å². The van der Waals surface area contributed by atoms with E-state index >= 15 is 0 Å². The minimum absolute atomic E-state index is 0.312. The first-order valence-electron chi connectivity index (χ1n) is 2.22. The second-order valence-electron chi connectivity index (χ2n) is 1.32. The molecule has 2 amide bonds. The van der Waals surface area contributed by atoms with Crippen LogP contribution in [-0.2, 0) is 10.4 Å². The minimum atomic E-state index is -4.67. The number of hydrogen-bond acceptors (Lipinski definition) is 3. The molecule has 0 aliphatic rings. The summed E-state index contributed by atoms with van der Waals surface area (Å²) in [5, 5.41) is 0. The third-order valence-electron chi connectivity index (χ3n) is 0.239. The third-order valence-corrected chi connectivity index (χ3v) is 0.239. The normalized spacial score (nSPS) is 9.17. The number of hydrogen-bond donors (Lipinski definition) is 5. The van der Waals surface area contributed by atoms with Gasteiger partial charge in [-0.2, -0.15) is 13.4 Å². The maximum atomic E-state index is 9.68. The number of carbonyl (C=O) groups is 1. The molecule has 0 saturated carbocycles. The van der Waals surface area contributed by atoms with Gasteiger partial charge in [-0.15, -0.1) is 0 Å². The van der Waals surface area contributed by atoms with Crippen LogP contribution in [0.15, 0.2) is 4.99 Å². The molecule has 0 fully saturated rings. The molecule has 0 aromatic carbocycles. The quantitative estimate of drug-likeness (QED) is 0.165. The summed E-state index contributed by atoms with van der Waals surface area (Å²) in [6.45, 7) is 0. The van der Waals surface area contributed by atoms with Gasteiger partial charge in [-0.05, 0) is 0 Å². The Balaban J connectivity index is 0. The summed E-state index contributed by atoms with van der Waals surface area (Å²) in [5.41, 5.74) is 13.9. The molecule has 0 aromatic heterocycles. The van der Waals surface area contributed by atoms with Gasteiger partial charge in [-0.3, -0.25) is 9.11 Å². The Morgan fingerprint density at radius 1 is 1.17 bits per heavy atom. The van der Waals surface area contributed by atoms with Gasteiger partial charge in [0.2, 0.25) is 0 Å². The molecule has 0 atom stereocenters. The van der Waals surface area contributed by atoms with Gasteiger partial charge in [0.25, 0.3) is 0 Å². The van der Waals surface area contributed by atoms with Crippen LogP contribution in [0, 0.1) is 0 Å². The fourth-order valence-corrected chi connectivity index (χ4v) is 0.127. The van der Waals surface area contributed by atoms with Crippen molar-refractivity contribution in [3.05, 3.63) is 0 Å². The molecule has 9 nitrogen and oxygen atoms in total. The van der Waals surface area contributed by atoms with E-state index in [0.717, 1.165) is 0 Å². The van der Waals surface area contributed by atoms with Crippen LogP contribution in [0.3, 0.4) is 0 Å². The molecule has 0 aliphatic carbocycles. The monoisotopic (exact) mass is 200 g/mol. The summed E-state index contributed by atoms with van der Waals surface area (Å²) >= 11 is 0. The second-order valence-corrected chi connectivity index (χ2v) is 2.22. The topological polar surface area (TPSA) is 182 Å². The number of nitrogens with two attached hydrogens (primary N) is 3.